The molecule has 148 valence electrons. The summed E-state index contributed by atoms with van der Waals surface area (Å²) in [6, 6.07) is 7.48. The minimum atomic E-state index is -0.0187. The second-order valence-electron chi connectivity index (χ2n) is 7.22. The Kier molecular flexibility index (Phi) is 5.94. The van der Waals surface area contributed by atoms with E-state index < -0.39 is 0 Å². The highest BCUT2D eigenvalue weighted by Gasteiger charge is 2.20. The monoisotopic (exact) mass is 381 g/mol. The summed E-state index contributed by atoms with van der Waals surface area (Å²) in [7, 11) is 5.63. The number of carbonyl (C=O) groups is 1. The molecule has 2 aromatic heterocycles. The molecule has 1 aromatic carbocycles. The van der Waals surface area contributed by atoms with Crippen molar-refractivity contribution in [2.75, 3.05) is 34.3 Å². The number of carbonyl (C=O) groups excluding carboxylic acids is 1. The fourth-order valence-electron chi connectivity index (χ4n) is 3.15. The first-order valence-electron chi connectivity index (χ1n) is 9.27. The van der Waals surface area contributed by atoms with Crippen LogP contribution in [0.3, 0.4) is 0 Å². The van der Waals surface area contributed by atoms with Crippen LogP contribution in [0.15, 0.2) is 30.5 Å². The van der Waals surface area contributed by atoms with Crippen molar-refractivity contribution < 1.29 is 9.53 Å². The third-order valence-corrected chi connectivity index (χ3v) is 4.60. The zero-order chi connectivity index (χ0) is 20.3. The molecule has 0 aliphatic carbocycles. The smallest absolute Gasteiger partial charge is 0.255 e. The van der Waals surface area contributed by atoms with Gasteiger partial charge in [-0.2, -0.15) is 0 Å². The van der Waals surface area contributed by atoms with E-state index in [1.165, 1.54) is 0 Å². The molecule has 0 fully saturated rings. The molecule has 0 atom stereocenters. The number of pyridine rings is 1. The molecule has 0 radical (unpaired) electrons. The van der Waals surface area contributed by atoms with Crippen LogP contribution in [0.2, 0.25) is 0 Å². The van der Waals surface area contributed by atoms with Gasteiger partial charge in [-0.25, -0.2) is 4.98 Å². The van der Waals surface area contributed by atoms with Gasteiger partial charge in [0.2, 0.25) is 0 Å². The fraction of sp³-hybridized carbons (Fsp3) is 0.381. The predicted octanol–water partition coefficient (Wildman–Crippen LogP) is 2.79. The lowest BCUT2D eigenvalue weighted by atomic mass is 10.1. The molecule has 3 rings (SSSR count). The summed E-state index contributed by atoms with van der Waals surface area (Å²) in [5.41, 5.74) is 3.13. The van der Waals surface area contributed by atoms with Crippen LogP contribution in [0, 0.1) is 13.8 Å². The van der Waals surface area contributed by atoms with Gasteiger partial charge in [-0.05, 0) is 46.1 Å². The van der Waals surface area contributed by atoms with Crippen molar-refractivity contribution in [1.29, 1.82) is 0 Å². The lowest BCUT2D eigenvalue weighted by Gasteiger charge is -2.24. The van der Waals surface area contributed by atoms with Crippen LogP contribution in [0.4, 0.5) is 0 Å². The largest absolute Gasteiger partial charge is 0.497 e. The maximum absolute atomic E-state index is 13.5. The van der Waals surface area contributed by atoms with Crippen molar-refractivity contribution in [1.82, 2.24) is 24.8 Å². The Hall–Kier alpha value is -2.93. The minimum Gasteiger partial charge on any atom is -0.497 e. The number of hydrogen-bond donors (Lipinski definition) is 1. The van der Waals surface area contributed by atoms with Crippen molar-refractivity contribution in [3.05, 3.63) is 53.2 Å². The van der Waals surface area contributed by atoms with Crippen LogP contribution in [0.1, 0.15) is 27.6 Å². The first kappa shape index (κ1) is 19.8. The number of hydrogen-bond acceptors (Lipinski definition) is 5. The number of aryl methyl sites for hydroxylation is 2. The van der Waals surface area contributed by atoms with E-state index in [1.54, 1.807) is 13.3 Å². The quantitative estimate of drug-likeness (QED) is 0.681. The number of aromatic amines is 1. The highest BCUT2D eigenvalue weighted by molar-refractivity contribution is 6.06. The van der Waals surface area contributed by atoms with Crippen LogP contribution in [-0.4, -0.2) is 65.0 Å². The number of nitrogens with zero attached hydrogens (tertiary/aromatic N) is 4. The molecule has 2 heterocycles. The zero-order valence-electron chi connectivity index (χ0n) is 17.1. The SMILES string of the molecule is COc1ccc2c(C(=O)N(CCN(C)C)Cc3cnc(C)[nH]3)cc(C)nc2c1. The number of nitrogens with one attached hydrogen (secondary N) is 1. The molecule has 0 saturated carbocycles. The van der Waals surface area contributed by atoms with Crippen molar-refractivity contribution in [3.8, 4) is 5.75 Å². The number of benzene rings is 1. The van der Waals surface area contributed by atoms with Crippen molar-refractivity contribution >= 4 is 16.8 Å². The maximum Gasteiger partial charge on any atom is 0.255 e. The summed E-state index contributed by atoms with van der Waals surface area (Å²) in [6.45, 7) is 5.67. The molecule has 1 N–H and O–H groups in total. The van der Waals surface area contributed by atoms with Gasteiger partial charge >= 0.3 is 0 Å². The van der Waals surface area contributed by atoms with Gasteiger partial charge < -0.3 is 19.5 Å². The number of methoxy groups -OCH3 is 1. The van der Waals surface area contributed by atoms with E-state index in [2.05, 4.69) is 19.9 Å². The predicted molar refractivity (Wildman–Crippen MR) is 110 cm³/mol. The molecule has 3 aromatic rings. The molecule has 28 heavy (non-hydrogen) atoms. The van der Waals surface area contributed by atoms with Gasteiger partial charge in [0, 0.05) is 30.2 Å². The Labute approximate surface area is 165 Å². The molecule has 0 unspecified atom stereocenters. The van der Waals surface area contributed by atoms with Crippen LogP contribution in [-0.2, 0) is 6.54 Å². The fourth-order valence-corrected chi connectivity index (χ4v) is 3.15. The standard InChI is InChI=1S/C21H27N5O2/c1-14-10-19(18-7-6-17(28-5)11-20(18)23-14)21(27)26(9-8-25(3)4)13-16-12-22-15(2)24-16/h6-7,10-12H,8-9,13H2,1-5H3,(H,22,24). The van der Waals surface area contributed by atoms with E-state index in [9.17, 15) is 4.79 Å². The summed E-state index contributed by atoms with van der Waals surface area (Å²) in [5, 5.41) is 0.826. The normalized spacial score (nSPS) is 11.2. The van der Waals surface area contributed by atoms with E-state index in [1.807, 2.05) is 57.1 Å². The first-order chi connectivity index (χ1) is 13.4. The lowest BCUT2D eigenvalue weighted by Crippen LogP contribution is -2.36. The lowest BCUT2D eigenvalue weighted by molar-refractivity contribution is 0.0732. The molecule has 7 nitrogen and oxygen atoms in total. The van der Waals surface area contributed by atoms with Gasteiger partial charge in [-0.15, -0.1) is 0 Å². The van der Waals surface area contributed by atoms with E-state index in [0.717, 1.165) is 40.4 Å². The van der Waals surface area contributed by atoms with Gasteiger partial charge in [0.25, 0.3) is 5.91 Å². The van der Waals surface area contributed by atoms with E-state index in [4.69, 9.17) is 4.74 Å². The second kappa shape index (κ2) is 8.39. The number of rotatable bonds is 7. The van der Waals surface area contributed by atoms with Crippen molar-refractivity contribution in [3.63, 3.8) is 0 Å². The number of H-pyrrole nitrogens is 1. The average molecular weight is 381 g/mol. The van der Waals surface area contributed by atoms with Crippen LogP contribution in [0.5, 0.6) is 5.75 Å². The molecular weight excluding hydrogens is 354 g/mol. The number of fused-ring (bicyclic) bond motifs is 1. The van der Waals surface area contributed by atoms with Crippen molar-refractivity contribution in [2.45, 2.75) is 20.4 Å². The summed E-state index contributed by atoms with van der Waals surface area (Å²) >= 11 is 0. The van der Waals surface area contributed by atoms with E-state index >= 15 is 0 Å². The highest BCUT2D eigenvalue weighted by atomic mass is 16.5. The summed E-state index contributed by atoms with van der Waals surface area (Å²) in [6.07, 6.45) is 1.78. The molecule has 1 amide bonds. The topological polar surface area (TPSA) is 74.3 Å². The molecule has 7 heteroatoms. The van der Waals surface area contributed by atoms with Gasteiger partial charge in [-0.1, -0.05) is 0 Å². The molecule has 0 bridgehead atoms. The van der Waals surface area contributed by atoms with E-state index in [-0.39, 0.29) is 5.91 Å². The number of amides is 1. The summed E-state index contributed by atoms with van der Waals surface area (Å²) < 4.78 is 5.30. The first-order valence-corrected chi connectivity index (χ1v) is 9.27. The number of imidazole rings is 1. The second-order valence-corrected chi connectivity index (χ2v) is 7.22. The van der Waals surface area contributed by atoms with Crippen LogP contribution in [0.25, 0.3) is 10.9 Å². The Morgan fingerprint density at radius 1 is 1.18 bits per heavy atom. The Bertz CT molecular complexity index is 980. The minimum absolute atomic E-state index is 0.0187. The van der Waals surface area contributed by atoms with Gasteiger partial charge in [0.15, 0.2) is 0 Å². The number of ether oxygens (including phenoxy) is 1. The Balaban J connectivity index is 1.99. The van der Waals surface area contributed by atoms with Crippen LogP contribution < -0.4 is 4.74 Å². The van der Waals surface area contributed by atoms with Crippen LogP contribution >= 0.6 is 0 Å². The number of aromatic nitrogens is 3. The van der Waals surface area contributed by atoms with Gasteiger partial charge in [0.05, 0.1) is 36.6 Å². The van der Waals surface area contributed by atoms with Gasteiger partial charge in [0.1, 0.15) is 11.6 Å². The third-order valence-electron chi connectivity index (χ3n) is 4.60. The van der Waals surface area contributed by atoms with E-state index in [0.29, 0.717) is 18.7 Å². The summed E-state index contributed by atoms with van der Waals surface area (Å²) in [5.74, 6) is 1.54. The number of likely N-dealkylation sites (N-methyl/N-ethyl adjacent to an activating group) is 1. The molecule has 0 saturated heterocycles. The Morgan fingerprint density at radius 3 is 2.61 bits per heavy atom. The average Bonchev–Trinajstić information content (AvgIpc) is 3.07. The van der Waals surface area contributed by atoms with Gasteiger partial charge in [-0.3, -0.25) is 9.78 Å². The molecule has 0 aliphatic heterocycles. The highest BCUT2D eigenvalue weighted by Crippen LogP contribution is 2.24. The summed E-state index contributed by atoms with van der Waals surface area (Å²) in [4.78, 5) is 29.5. The maximum atomic E-state index is 13.5. The van der Waals surface area contributed by atoms with Crippen molar-refractivity contribution in [2.24, 2.45) is 0 Å². The zero-order valence-corrected chi connectivity index (χ0v) is 17.1. The molecule has 0 aliphatic rings. The third kappa shape index (κ3) is 4.48. The molecule has 0 spiro atoms. The molecular formula is C21H27N5O2. The Morgan fingerprint density at radius 2 is 1.96 bits per heavy atom.